The molecule has 0 spiro atoms. The number of amides is 1. The largest absolute Gasteiger partial charge is 0.493 e. The van der Waals surface area contributed by atoms with E-state index in [1.165, 1.54) is 0 Å². The van der Waals surface area contributed by atoms with Crippen molar-refractivity contribution >= 4 is 5.91 Å². The molecule has 2 rings (SSSR count). The molecule has 2 aromatic rings. The van der Waals surface area contributed by atoms with E-state index in [4.69, 9.17) is 14.7 Å². The first-order chi connectivity index (χ1) is 11.2. The molecule has 23 heavy (non-hydrogen) atoms. The SMILES string of the molecule is CCOc1cc(C(=O)NCc2ccc(C#N)cc2)ccc1OC. The van der Waals surface area contributed by atoms with E-state index in [1.54, 1.807) is 37.4 Å². The van der Waals surface area contributed by atoms with Gasteiger partial charge in [0.25, 0.3) is 5.91 Å². The highest BCUT2D eigenvalue weighted by molar-refractivity contribution is 5.94. The summed E-state index contributed by atoms with van der Waals surface area (Å²) in [5.74, 6) is 0.939. The summed E-state index contributed by atoms with van der Waals surface area (Å²) in [4.78, 5) is 12.2. The lowest BCUT2D eigenvalue weighted by molar-refractivity contribution is 0.0950. The Bertz CT molecular complexity index is 718. The van der Waals surface area contributed by atoms with Crippen molar-refractivity contribution in [2.75, 3.05) is 13.7 Å². The minimum absolute atomic E-state index is 0.196. The van der Waals surface area contributed by atoms with Gasteiger partial charge in [0.05, 0.1) is 25.3 Å². The standard InChI is InChI=1S/C18H18N2O3/c1-3-23-17-10-15(8-9-16(17)22-2)18(21)20-12-14-6-4-13(11-19)5-7-14/h4-10H,3,12H2,1-2H3,(H,20,21). The Balaban J connectivity index is 2.05. The van der Waals surface area contributed by atoms with Gasteiger partial charge in [0.2, 0.25) is 0 Å². The Labute approximate surface area is 135 Å². The molecule has 0 aliphatic heterocycles. The van der Waals surface area contributed by atoms with Gasteiger partial charge >= 0.3 is 0 Å². The van der Waals surface area contributed by atoms with E-state index in [2.05, 4.69) is 11.4 Å². The van der Waals surface area contributed by atoms with Gasteiger partial charge in [-0.2, -0.15) is 5.26 Å². The average Bonchev–Trinajstić information content (AvgIpc) is 2.60. The number of hydrogen-bond acceptors (Lipinski definition) is 4. The molecule has 118 valence electrons. The third kappa shape index (κ3) is 4.24. The minimum Gasteiger partial charge on any atom is -0.493 e. The van der Waals surface area contributed by atoms with Gasteiger partial charge in [-0.3, -0.25) is 4.79 Å². The number of nitrogens with one attached hydrogen (secondary N) is 1. The van der Waals surface area contributed by atoms with Crippen LogP contribution in [0.25, 0.3) is 0 Å². The number of rotatable bonds is 6. The van der Waals surface area contributed by atoms with E-state index in [0.717, 1.165) is 5.56 Å². The second-order valence-electron chi connectivity index (χ2n) is 4.79. The fourth-order valence-electron chi connectivity index (χ4n) is 2.07. The van der Waals surface area contributed by atoms with E-state index < -0.39 is 0 Å². The quantitative estimate of drug-likeness (QED) is 0.890. The van der Waals surface area contributed by atoms with Gasteiger partial charge in [0.15, 0.2) is 11.5 Å². The summed E-state index contributed by atoms with van der Waals surface area (Å²) < 4.78 is 10.7. The topological polar surface area (TPSA) is 71.3 Å². The second-order valence-corrected chi connectivity index (χ2v) is 4.79. The summed E-state index contributed by atoms with van der Waals surface area (Å²) in [6, 6.07) is 14.2. The van der Waals surface area contributed by atoms with Crippen LogP contribution in [0.2, 0.25) is 0 Å². The lowest BCUT2D eigenvalue weighted by Crippen LogP contribution is -2.22. The molecule has 0 saturated heterocycles. The van der Waals surface area contributed by atoms with Crippen LogP contribution < -0.4 is 14.8 Å². The van der Waals surface area contributed by atoms with Crippen molar-refractivity contribution in [3.8, 4) is 17.6 Å². The number of hydrogen-bond donors (Lipinski definition) is 1. The first-order valence-electron chi connectivity index (χ1n) is 7.26. The molecule has 1 amide bonds. The Morgan fingerprint density at radius 2 is 1.91 bits per heavy atom. The molecule has 5 nitrogen and oxygen atoms in total. The zero-order valence-corrected chi connectivity index (χ0v) is 13.1. The van der Waals surface area contributed by atoms with Crippen molar-refractivity contribution in [3.63, 3.8) is 0 Å². The number of nitrogens with zero attached hydrogens (tertiary/aromatic N) is 1. The van der Waals surface area contributed by atoms with Gasteiger partial charge in [-0.1, -0.05) is 12.1 Å². The fraction of sp³-hybridized carbons (Fsp3) is 0.222. The van der Waals surface area contributed by atoms with Crippen molar-refractivity contribution in [3.05, 3.63) is 59.2 Å². The molecule has 0 aliphatic carbocycles. The van der Waals surface area contributed by atoms with E-state index in [1.807, 2.05) is 19.1 Å². The zero-order chi connectivity index (χ0) is 16.7. The molecule has 2 aromatic carbocycles. The summed E-state index contributed by atoms with van der Waals surface area (Å²) in [5, 5.41) is 11.6. The summed E-state index contributed by atoms with van der Waals surface area (Å²) in [6.07, 6.45) is 0. The Morgan fingerprint density at radius 3 is 2.52 bits per heavy atom. The van der Waals surface area contributed by atoms with Crippen molar-refractivity contribution < 1.29 is 14.3 Å². The maximum Gasteiger partial charge on any atom is 0.251 e. The van der Waals surface area contributed by atoms with E-state index in [-0.39, 0.29) is 5.91 Å². The molecular formula is C18H18N2O3. The first-order valence-corrected chi connectivity index (χ1v) is 7.26. The van der Waals surface area contributed by atoms with Crippen LogP contribution in [0, 0.1) is 11.3 Å². The Morgan fingerprint density at radius 1 is 1.17 bits per heavy atom. The third-order valence-corrected chi connectivity index (χ3v) is 3.26. The maximum absolute atomic E-state index is 12.2. The van der Waals surface area contributed by atoms with Gasteiger partial charge in [0.1, 0.15) is 0 Å². The molecule has 1 N–H and O–H groups in total. The minimum atomic E-state index is -0.196. The van der Waals surface area contributed by atoms with Crippen molar-refractivity contribution in [2.45, 2.75) is 13.5 Å². The van der Waals surface area contributed by atoms with E-state index in [0.29, 0.717) is 35.8 Å². The van der Waals surface area contributed by atoms with Gasteiger partial charge in [-0.05, 0) is 42.8 Å². The number of ether oxygens (including phenoxy) is 2. The predicted octanol–water partition coefficient (Wildman–Crippen LogP) is 2.90. The van der Waals surface area contributed by atoms with Gasteiger partial charge in [0, 0.05) is 12.1 Å². The number of carbonyl (C=O) groups excluding carboxylic acids is 1. The molecule has 0 saturated carbocycles. The Hall–Kier alpha value is -3.00. The summed E-state index contributed by atoms with van der Waals surface area (Å²) in [5.41, 5.74) is 2.02. The van der Waals surface area contributed by atoms with E-state index >= 15 is 0 Å². The molecule has 0 bridgehead atoms. The van der Waals surface area contributed by atoms with Crippen LogP contribution in [0.5, 0.6) is 11.5 Å². The average molecular weight is 310 g/mol. The van der Waals surface area contributed by atoms with Gasteiger partial charge in [-0.25, -0.2) is 0 Å². The number of carbonyl (C=O) groups is 1. The molecule has 0 unspecified atom stereocenters. The summed E-state index contributed by atoms with van der Waals surface area (Å²) in [7, 11) is 1.56. The molecular weight excluding hydrogens is 292 g/mol. The van der Waals surface area contributed by atoms with Crippen LogP contribution in [0.15, 0.2) is 42.5 Å². The molecule has 0 atom stereocenters. The molecule has 0 aromatic heterocycles. The van der Waals surface area contributed by atoms with Crippen LogP contribution in [0.3, 0.4) is 0 Å². The van der Waals surface area contributed by atoms with Crippen LogP contribution >= 0.6 is 0 Å². The van der Waals surface area contributed by atoms with Crippen molar-refractivity contribution in [1.29, 1.82) is 5.26 Å². The number of benzene rings is 2. The second kappa shape index (κ2) is 7.85. The fourth-order valence-corrected chi connectivity index (χ4v) is 2.07. The highest BCUT2D eigenvalue weighted by atomic mass is 16.5. The monoisotopic (exact) mass is 310 g/mol. The Kier molecular flexibility index (Phi) is 5.59. The highest BCUT2D eigenvalue weighted by Crippen LogP contribution is 2.28. The van der Waals surface area contributed by atoms with Crippen LogP contribution in [-0.2, 0) is 6.54 Å². The smallest absolute Gasteiger partial charge is 0.251 e. The summed E-state index contributed by atoms with van der Waals surface area (Å²) in [6.45, 7) is 2.75. The van der Waals surface area contributed by atoms with Crippen LogP contribution in [-0.4, -0.2) is 19.6 Å². The normalized spacial score (nSPS) is 9.78. The van der Waals surface area contributed by atoms with Crippen molar-refractivity contribution in [2.24, 2.45) is 0 Å². The molecule has 0 heterocycles. The van der Waals surface area contributed by atoms with Crippen LogP contribution in [0.1, 0.15) is 28.4 Å². The molecule has 0 radical (unpaired) electrons. The zero-order valence-electron chi connectivity index (χ0n) is 13.1. The molecule has 0 fully saturated rings. The van der Waals surface area contributed by atoms with Gasteiger partial charge < -0.3 is 14.8 Å². The van der Waals surface area contributed by atoms with Gasteiger partial charge in [-0.15, -0.1) is 0 Å². The summed E-state index contributed by atoms with van der Waals surface area (Å²) >= 11 is 0. The number of methoxy groups -OCH3 is 1. The first kappa shape index (κ1) is 16.4. The lowest BCUT2D eigenvalue weighted by atomic mass is 10.1. The van der Waals surface area contributed by atoms with E-state index in [9.17, 15) is 4.79 Å². The van der Waals surface area contributed by atoms with Crippen LogP contribution in [0.4, 0.5) is 0 Å². The number of nitriles is 1. The highest BCUT2D eigenvalue weighted by Gasteiger charge is 2.11. The van der Waals surface area contributed by atoms with Crippen molar-refractivity contribution in [1.82, 2.24) is 5.32 Å². The molecule has 5 heteroatoms. The predicted molar refractivity (Wildman–Crippen MR) is 86.5 cm³/mol. The maximum atomic E-state index is 12.2. The lowest BCUT2D eigenvalue weighted by Gasteiger charge is -2.11. The third-order valence-electron chi connectivity index (χ3n) is 3.26. The molecule has 0 aliphatic rings.